The Kier molecular flexibility index (Phi) is 10.6. The molecule has 0 saturated heterocycles. The van der Waals surface area contributed by atoms with Gasteiger partial charge in [-0.1, -0.05) is 182 Å². The smallest absolute Gasteiger partial charge is 0.0464 e. The molecule has 1 atom stereocenters. The second-order valence-electron chi connectivity index (χ2n) is 16.8. The van der Waals surface area contributed by atoms with Crippen LogP contribution in [0.3, 0.4) is 0 Å². The zero-order chi connectivity index (χ0) is 42.7. The van der Waals surface area contributed by atoms with Gasteiger partial charge >= 0.3 is 0 Å². The van der Waals surface area contributed by atoms with E-state index in [4.69, 9.17) is 0 Å². The highest BCUT2D eigenvalue weighted by Gasteiger charge is 2.21. The average molecular weight is 821 g/mol. The number of hydrogen-bond acceptors (Lipinski definition) is 2. The van der Waals surface area contributed by atoms with Crippen molar-refractivity contribution in [1.29, 1.82) is 0 Å². The summed E-state index contributed by atoms with van der Waals surface area (Å²) in [4.78, 5) is 4.79. The summed E-state index contributed by atoms with van der Waals surface area (Å²) in [6.07, 6.45) is 10.1. The van der Waals surface area contributed by atoms with Crippen LogP contribution in [-0.2, 0) is 12.8 Å². The van der Waals surface area contributed by atoms with Crippen LogP contribution in [0.25, 0.3) is 44.5 Å². The van der Waals surface area contributed by atoms with Gasteiger partial charge in [-0.05, 0) is 147 Å². The minimum atomic E-state index is 0.368. The van der Waals surface area contributed by atoms with Crippen molar-refractivity contribution in [3.05, 3.63) is 271 Å². The van der Waals surface area contributed by atoms with E-state index in [1.165, 1.54) is 72.6 Å². The molecule has 0 heterocycles. The number of fused-ring (bicyclic) bond motifs is 3. The normalized spacial score (nSPS) is 13.9. The summed E-state index contributed by atoms with van der Waals surface area (Å²) in [7, 11) is 0. The molecule has 9 aromatic carbocycles. The zero-order valence-electron chi connectivity index (χ0n) is 35.8. The van der Waals surface area contributed by atoms with Crippen LogP contribution in [0.1, 0.15) is 29.0 Å². The summed E-state index contributed by atoms with van der Waals surface area (Å²) >= 11 is 0. The van der Waals surface area contributed by atoms with Crippen molar-refractivity contribution in [3.8, 4) is 44.5 Å². The van der Waals surface area contributed by atoms with Crippen molar-refractivity contribution in [2.45, 2.75) is 25.2 Å². The number of nitrogens with zero attached hydrogens (tertiary/aromatic N) is 2. The highest BCUT2D eigenvalue weighted by atomic mass is 15.1. The molecule has 0 aromatic heterocycles. The maximum Gasteiger partial charge on any atom is 0.0464 e. The lowest BCUT2D eigenvalue weighted by molar-refractivity contribution is 0.840. The zero-order valence-corrected chi connectivity index (χ0v) is 35.8. The molecular formula is C62H48N2. The first-order valence-electron chi connectivity index (χ1n) is 22.5. The third-order valence-corrected chi connectivity index (χ3v) is 12.9. The molecular weight excluding hydrogens is 773 g/mol. The monoisotopic (exact) mass is 820 g/mol. The molecule has 2 nitrogen and oxygen atoms in total. The topological polar surface area (TPSA) is 6.48 Å². The highest BCUT2D eigenvalue weighted by molar-refractivity contribution is 5.84. The van der Waals surface area contributed by atoms with E-state index < -0.39 is 0 Å². The van der Waals surface area contributed by atoms with Crippen molar-refractivity contribution in [2.75, 3.05) is 9.80 Å². The number of aryl methyl sites for hydroxylation is 2. The van der Waals surface area contributed by atoms with Crippen LogP contribution in [0, 0.1) is 0 Å². The summed E-state index contributed by atoms with van der Waals surface area (Å²) in [5, 5.41) is 0. The van der Waals surface area contributed by atoms with Gasteiger partial charge in [0.2, 0.25) is 0 Å². The predicted octanol–water partition coefficient (Wildman–Crippen LogP) is 16.7. The van der Waals surface area contributed by atoms with Gasteiger partial charge in [-0.2, -0.15) is 0 Å². The van der Waals surface area contributed by atoms with Crippen molar-refractivity contribution in [3.63, 3.8) is 0 Å². The average Bonchev–Trinajstić information content (AvgIpc) is 3.38. The fourth-order valence-electron chi connectivity index (χ4n) is 9.55. The molecule has 2 heteroatoms. The third kappa shape index (κ3) is 7.87. The number of hydrogen-bond donors (Lipinski definition) is 0. The Bertz CT molecular complexity index is 3080. The summed E-state index contributed by atoms with van der Waals surface area (Å²) in [5.41, 5.74) is 21.0. The molecule has 2 aliphatic carbocycles. The first-order chi connectivity index (χ1) is 31.7. The Morgan fingerprint density at radius 3 is 1.23 bits per heavy atom. The minimum absolute atomic E-state index is 0.368. The fourth-order valence-corrected chi connectivity index (χ4v) is 9.55. The van der Waals surface area contributed by atoms with E-state index in [2.05, 4.69) is 259 Å². The maximum atomic E-state index is 2.41. The number of anilines is 5. The molecule has 9 aromatic rings. The van der Waals surface area contributed by atoms with Gasteiger partial charge in [0, 0.05) is 40.1 Å². The largest absolute Gasteiger partial charge is 0.311 e. The van der Waals surface area contributed by atoms with E-state index in [0.29, 0.717) is 5.92 Å². The molecule has 0 fully saturated rings. The summed E-state index contributed by atoms with van der Waals surface area (Å²) in [6.45, 7) is 0. The van der Waals surface area contributed by atoms with Crippen molar-refractivity contribution in [1.82, 2.24) is 0 Å². The van der Waals surface area contributed by atoms with Crippen LogP contribution in [0.5, 0.6) is 0 Å². The van der Waals surface area contributed by atoms with Crippen LogP contribution in [0.4, 0.5) is 28.4 Å². The van der Waals surface area contributed by atoms with E-state index in [1.807, 2.05) is 0 Å². The van der Waals surface area contributed by atoms with Gasteiger partial charge in [-0.3, -0.25) is 0 Å². The van der Waals surface area contributed by atoms with E-state index in [9.17, 15) is 0 Å². The Labute approximate surface area is 377 Å². The quantitative estimate of drug-likeness (QED) is 0.136. The lowest BCUT2D eigenvalue weighted by Crippen LogP contribution is -2.17. The van der Waals surface area contributed by atoms with Crippen molar-refractivity contribution >= 4 is 28.4 Å². The van der Waals surface area contributed by atoms with Crippen LogP contribution in [-0.4, -0.2) is 0 Å². The van der Waals surface area contributed by atoms with Gasteiger partial charge in [0.05, 0.1) is 0 Å². The summed E-state index contributed by atoms with van der Waals surface area (Å²) < 4.78 is 0. The van der Waals surface area contributed by atoms with Crippen LogP contribution < -0.4 is 9.80 Å². The molecule has 1 unspecified atom stereocenters. The molecule has 0 bridgehead atoms. The first kappa shape index (κ1) is 38.9. The molecule has 2 aliphatic rings. The van der Waals surface area contributed by atoms with E-state index in [-0.39, 0.29) is 0 Å². The Morgan fingerprint density at radius 2 is 0.734 bits per heavy atom. The molecule has 0 N–H and O–H groups in total. The molecule has 64 heavy (non-hydrogen) atoms. The van der Waals surface area contributed by atoms with Gasteiger partial charge in [0.1, 0.15) is 0 Å². The van der Waals surface area contributed by atoms with Crippen LogP contribution >= 0.6 is 0 Å². The number of benzene rings is 9. The second kappa shape index (κ2) is 17.4. The Balaban J connectivity index is 0.907. The van der Waals surface area contributed by atoms with E-state index >= 15 is 0 Å². The van der Waals surface area contributed by atoms with Crippen molar-refractivity contribution < 1.29 is 0 Å². The van der Waals surface area contributed by atoms with Gasteiger partial charge in [-0.15, -0.1) is 0 Å². The van der Waals surface area contributed by atoms with E-state index in [0.717, 1.165) is 42.0 Å². The molecule has 306 valence electrons. The summed E-state index contributed by atoms with van der Waals surface area (Å²) in [6, 6.07) is 84.0. The van der Waals surface area contributed by atoms with Gasteiger partial charge in [0.15, 0.2) is 0 Å². The minimum Gasteiger partial charge on any atom is -0.311 e. The molecule has 0 radical (unpaired) electrons. The second-order valence-corrected chi connectivity index (χ2v) is 16.8. The van der Waals surface area contributed by atoms with E-state index in [1.54, 1.807) is 0 Å². The third-order valence-electron chi connectivity index (χ3n) is 12.9. The van der Waals surface area contributed by atoms with Gasteiger partial charge in [0.25, 0.3) is 0 Å². The van der Waals surface area contributed by atoms with Crippen LogP contribution in [0.2, 0.25) is 0 Å². The van der Waals surface area contributed by atoms with Gasteiger partial charge < -0.3 is 9.80 Å². The SMILES string of the molecule is C1=CC(c2ccccc2)CC=C1N(c1ccc(-c2ccccc2)cc1)c1ccc(-c2ccc(N(c3ccc(-c4ccccc4)cc3)c3ccc4c(c3)CCc3ccccc3-4)cc2)cc1. The fraction of sp³-hybridized carbons (Fsp3) is 0.0645. The molecule has 0 saturated carbocycles. The molecule has 0 amide bonds. The highest BCUT2D eigenvalue weighted by Crippen LogP contribution is 2.42. The lowest BCUT2D eigenvalue weighted by Gasteiger charge is -2.29. The summed E-state index contributed by atoms with van der Waals surface area (Å²) in [5.74, 6) is 0.368. The number of allylic oxidation sites excluding steroid dienone is 3. The Morgan fingerprint density at radius 1 is 0.328 bits per heavy atom. The predicted molar refractivity (Wildman–Crippen MR) is 270 cm³/mol. The standard InChI is InChI=1S/C62H48N2/c1-4-12-45(13-5-1)48-22-32-55(33-23-48)63(56-34-24-49(25-35-56)46-14-6-2-7-15-46)57-36-28-51(29-37-57)52-30-40-59(41-31-52)64(58-38-26-50(27-39-58)47-16-8-3-9-17-47)60-42-43-62-54(44-60)21-20-53-18-10-11-19-61(53)62/h1-19,22-24,26-44,49H,20-21,25H2. The van der Waals surface area contributed by atoms with Crippen LogP contribution in [0.15, 0.2) is 254 Å². The lowest BCUT2D eigenvalue weighted by atomic mass is 9.85. The number of rotatable bonds is 10. The molecule has 11 rings (SSSR count). The first-order valence-corrected chi connectivity index (χ1v) is 22.5. The molecule has 0 spiro atoms. The van der Waals surface area contributed by atoms with Gasteiger partial charge in [-0.25, -0.2) is 0 Å². The van der Waals surface area contributed by atoms with Crippen molar-refractivity contribution in [2.24, 2.45) is 0 Å². The maximum absolute atomic E-state index is 2.41. The Hall–Kier alpha value is -7.94. The molecule has 0 aliphatic heterocycles.